The minimum absolute atomic E-state index is 0.901. The van der Waals surface area contributed by atoms with Crippen LogP contribution in [0.3, 0.4) is 0 Å². The van der Waals surface area contributed by atoms with Crippen LogP contribution in [0.25, 0.3) is 66.4 Å². The van der Waals surface area contributed by atoms with Crippen LogP contribution in [-0.4, -0.2) is 0 Å². The normalized spacial score (nSPS) is 11.2. The predicted octanol–water partition coefficient (Wildman–Crippen LogP) is 13.7. The van der Waals surface area contributed by atoms with Crippen LogP contribution in [0.5, 0.6) is 0 Å². The van der Waals surface area contributed by atoms with E-state index in [2.05, 4.69) is 205 Å². The molecule has 0 atom stereocenters. The lowest BCUT2D eigenvalue weighted by Crippen LogP contribution is -2.09. The molecule has 9 aromatic rings. The summed E-state index contributed by atoms with van der Waals surface area (Å²) in [5.74, 6) is 0. The lowest BCUT2D eigenvalue weighted by atomic mass is 9.97. The van der Waals surface area contributed by atoms with Gasteiger partial charge in [0.1, 0.15) is 11.2 Å². The van der Waals surface area contributed by atoms with E-state index in [4.69, 9.17) is 4.42 Å². The van der Waals surface area contributed by atoms with Crippen LogP contribution in [0.15, 0.2) is 205 Å². The van der Waals surface area contributed by atoms with Gasteiger partial charge in [-0.2, -0.15) is 0 Å². The SMILES string of the molecule is c1ccc(-c2ccc(N(c3ccccc3)c3ccc(-c4cccc(-c5ccc6oc7ccc(-c8ccccc8)cc7c6c5)c4)cc3)cc2)cc1. The Hall–Kier alpha value is -6.64. The second kappa shape index (κ2) is 12.8. The minimum Gasteiger partial charge on any atom is -0.456 e. The maximum Gasteiger partial charge on any atom is 0.135 e. The molecular formula is C48H33NO. The molecular weight excluding hydrogens is 607 g/mol. The zero-order valence-electron chi connectivity index (χ0n) is 27.4. The molecule has 0 radical (unpaired) electrons. The first-order chi connectivity index (χ1) is 24.8. The van der Waals surface area contributed by atoms with E-state index in [1.54, 1.807) is 0 Å². The Bertz CT molecular complexity index is 2550. The van der Waals surface area contributed by atoms with E-state index in [1.165, 1.54) is 38.9 Å². The Labute approximate surface area is 292 Å². The van der Waals surface area contributed by atoms with E-state index in [1.807, 2.05) is 0 Å². The standard InChI is InChI=1S/C48H33NO/c1-4-11-34(12-5-1)36-19-25-43(26-20-36)49(42-17-8-3-9-18-42)44-27-21-37(22-28-44)38-15-10-16-39(31-38)41-24-30-48-46(33-41)45-32-40(23-29-47(45)50-48)35-13-6-2-7-14-35/h1-33H. The molecule has 0 saturated heterocycles. The number of rotatable bonds is 7. The van der Waals surface area contributed by atoms with Crippen molar-refractivity contribution in [2.75, 3.05) is 4.90 Å². The third-order valence-corrected chi connectivity index (χ3v) is 9.48. The van der Waals surface area contributed by atoms with Gasteiger partial charge >= 0.3 is 0 Å². The molecule has 0 bridgehead atoms. The average molecular weight is 640 g/mol. The fraction of sp³-hybridized carbons (Fsp3) is 0. The average Bonchev–Trinajstić information content (AvgIpc) is 3.57. The van der Waals surface area contributed by atoms with Crippen molar-refractivity contribution < 1.29 is 4.42 Å². The molecule has 236 valence electrons. The van der Waals surface area contributed by atoms with Crippen molar-refractivity contribution in [3.05, 3.63) is 200 Å². The second-order valence-corrected chi connectivity index (χ2v) is 12.6. The molecule has 50 heavy (non-hydrogen) atoms. The van der Waals surface area contributed by atoms with E-state index in [0.29, 0.717) is 0 Å². The Morgan fingerprint density at radius 1 is 0.260 bits per heavy atom. The lowest BCUT2D eigenvalue weighted by molar-refractivity contribution is 0.669. The van der Waals surface area contributed by atoms with Crippen LogP contribution in [0.1, 0.15) is 0 Å². The molecule has 0 saturated carbocycles. The van der Waals surface area contributed by atoms with Crippen molar-refractivity contribution in [1.82, 2.24) is 0 Å². The Balaban J connectivity index is 1.04. The highest BCUT2D eigenvalue weighted by Gasteiger charge is 2.14. The molecule has 0 aliphatic rings. The number of nitrogens with zero attached hydrogens (tertiary/aromatic N) is 1. The summed E-state index contributed by atoms with van der Waals surface area (Å²) in [6, 6.07) is 71.1. The third-order valence-electron chi connectivity index (χ3n) is 9.48. The van der Waals surface area contributed by atoms with Crippen molar-refractivity contribution in [2.24, 2.45) is 0 Å². The van der Waals surface area contributed by atoms with Gasteiger partial charge < -0.3 is 9.32 Å². The van der Waals surface area contributed by atoms with Crippen molar-refractivity contribution in [3.63, 3.8) is 0 Å². The summed E-state index contributed by atoms with van der Waals surface area (Å²) in [6.07, 6.45) is 0. The molecule has 0 unspecified atom stereocenters. The van der Waals surface area contributed by atoms with E-state index in [9.17, 15) is 0 Å². The number of anilines is 3. The fourth-order valence-electron chi connectivity index (χ4n) is 6.91. The number of furan rings is 1. The molecule has 1 heterocycles. The van der Waals surface area contributed by atoms with Crippen molar-refractivity contribution in [2.45, 2.75) is 0 Å². The van der Waals surface area contributed by atoms with Gasteiger partial charge in [-0.05, 0) is 111 Å². The van der Waals surface area contributed by atoms with E-state index in [-0.39, 0.29) is 0 Å². The van der Waals surface area contributed by atoms with Crippen molar-refractivity contribution >= 4 is 39.0 Å². The first-order valence-electron chi connectivity index (χ1n) is 17.0. The van der Waals surface area contributed by atoms with Crippen molar-refractivity contribution in [3.8, 4) is 44.5 Å². The highest BCUT2D eigenvalue weighted by Crippen LogP contribution is 2.38. The summed E-state index contributed by atoms with van der Waals surface area (Å²) in [4.78, 5) is 2.31. The number of hydrogen-bond donors (Lipinski definition) is 0. The molecule has 0 amide bonds. The third kappa shape index (κ3) is 5.63. The summed E-state index contributed by atoms with van der Waals surface area (Å²) in [7, 11) is 0. The summed E-state index contributed by atoms with van der Waals surface area (Å²) in [6.45, 7) is 0. The summed E-state index contributed by atoms with van der Waals surface area (Å²) in [5, 5.41) is 2.26. The molecule has 9 rings (SSSR count). The monoisotopic (exact) mass is 639 g/mol. The molecule has 0 aliphatic carbocycles. The van der Waals surface area contributed by atoms with Crippen molar-refractivity contribution in [1.29, 1.82) is 0 Å². The van der Waals surface area contributed by atoms with Crippen LogP contribution in [0.2, 0.25) is 0 Å². The van der Waals surface area contributed by atoms with E-state index in [0.717, 1.165) is 44.6 Å². The van der Waals surface area contributed by atoms with E-state index >= 15 is 0 Å². The fourth-order valence-corrected chi connectivity index (χ4v) is 6.91. The van der Waals surface area contributed by atoms with Gasteiger partial charge in [-0.3, -0.25) is 0 Å². The lowest BCUT2D eigenvalue weighted by Gasteiger charge is -2.26. The smallest absolute Gasteiger partial charge is 0.135 e. The Morgan fingerprint density at radius 3 is 1.14 bits per heavy atom. The van der Waals surface area contributed by atoms with Crippen LogP contribution in [0.4, 0.5) is 17.1 Å². The highest BCUT2D eigenvalue weighted by atomic mass is 16.3. The Kier molecular flexibility index (Phi) is 7.53. The molecule has 0 aliphatic heterocycles. The highest BCUT2D eigenvalue weighted by molar-refractivity contribution is 6.07. The molecule has 2 nitrogen and oxygen atoms in total. The van der Waals surface area contributed by atoms with Crippen LogP contribution >= 0.6 is 0 Å². The summed E-state index contributed by atoms with van der Waals surface area (Å²) < 4.78 is 6.24. The summed E-state index contributed by atoms with van der Waals surface area (Å²) in [5.41, 5.74) is 14.6. The van der Waals surface area contributed by atoms with Crippen LogP contribution in [0, 0.1) is 0 Å². The van der Waals surface area contributed by atoms with Gasteiger partial charge in [0.15, 0.2) is 0 Å². The first-order valence-corrected chi connectivity index (χ1v) is 17.0. The number of hydrogen-bond acceptors (Lipinski definition) is 2. The number of benzene rings is 8. The van der Waals surface area contributed by atoms with Gasteiger partial charge in [-0.1, -0.05) is 133 Å². The molecule has 0 fully saturated rings. The van der Waals surface area contributed by atoms with Gasteiger partial charge in [-0.15, -0.1) is 0 Å². The molecule has 2 heteroatoms. The van der Waals surface area contributed by atoms with Gasteiger partial charge in [-0.25, -0.2) is 0 Å². The second-order valence-electron chi connectivity index (χ2n) is 12.6. The van der Waals surface area contributed by atoms with Gasteiger partial charge in [0.25, 0.3) is 0 Å². The number of fused-ring (bicyclic) bond motifs is 3. The molecule has 0 spiro atoms. The zero-order valence-corrected chi connectivity index (χ0v) is 27.4. The predicted molar refractivity (Wildman–Crippen MR) is 210 cm³/mol. The van der Waals surface area contributed by atoms with Gasteiger partial charge in [0.05, 0.1) is 0 Å². The molecule has 8 aromatic carbocycles. The Morgan fingerprint density at radius 2 is 0.600 bits per heavy atom. The molecule has 1 aromatic heterocycles. The molecule has 0 N–H and O–H groups in total. The first kappa shape index (κ1) is 29.5. The largest absolute Gasteiger partial charge is 0.456 e. The maximum atomic E-state index is 6.24. The van der Waals surface area contributed by atoms with E-state index < -0.39 is 0 Å². The van der Waals surface area contributed by atoms with Crippen LogP contribution in [-0.2, 0) is 0 Å². The van der Waals surface area contributed by atoms with Gasteiger partial charge in [0.2, 0.25) is 0 Å². The van der Waals surface area contributed by atoms with Gasteiger partial charge in [0, 0.05) is 27.8 Å². The minimum atomic E-state index is 0.901. The quantitative estimate of drug-likeness (QED) is 0.173. The number of para-hydroxylation sites is 1. The maximum absolute atomic E-state index is 6.24. The summed E-state index contributed by atoms with van der Waals surface area (Å²) >= 11 is 0. The topological polar surface area (TPSA) is 16.4 Å². The van der Waals surface area contributed by atoms with Crippen LogP contribution < -0.4 is 4.90 Å². The zero-order chi connectivity index (χ0) is 33.3.